The van der Waals surface area contributed by atoms with Crippen LogP contribution in [0.1, 0.15) is 18.9 Å². The van der Waals surface area contributed by atoms with E-state index in [0.29, 0.717) is 6.54 Å². The minimum atomic E-state index is -3.47. The van der Waals surface area contributed by atoms with Gasteiger partial charge in [0.15, 0.2) is 0 Å². The maximum atomic E-state index is 11.9. The van der Waals surface area contributed by atoms with Crippen LogP contribution in [0.4, 0.5) is 0 Å². The minimum absolute atomic E-state index is 0.200. The molecule has 1 amide bonds. The second-order valence-electron chi connectivity index (χ2n) is 3.97. The number of carbonyl (C=O) groups excluding carboxylic acids is 1. The number of nitrogens with one attached hydrogen (secondary N) is 2. The number of hydrogen-bond donors (Lipinski definition) is 2. The van der Waals surface area contributed by atoms with E-state index in [4.69, 9.17) is 0 Å². The van der Waals surface area contributed by atoms with Crippen LogP contribution < -0.4 is 10.0 Å². The summed E-state index contributed by atoms with van der Waals surface area (Å²) in [7, 11) is -3.47. The van der Waals surface area contributed by atoms with Gasteiger partial charge in [0.1, 0.15) is 0 Å². The third kappa shape index (κ3) is 4.84. The monoisotopic (exact) mass is 282 g/mol. The summed E-state index contributed by atoms with van der Waals surface area (Å²) in [5.74, 6) is -0.294. The molecule has 0 unspecified atom stereocenters. The second kappa shape index (κ2) is 7.06. The van der Waals surface area contributed by atoms with E-state index >= 15 is 0 Å². The highest BCUT2D eigenvalue weighted by molar-refractivity contribution is 7.89. The molecule has 1 rings (SSSR count). The number of carbonyl (C=O) groups is 1. The Morgan fingerprint density at radius 2 is 2.16 bits per heavy atom. The molecule has 0 aliphatic carbocycles. The molecule has 2 N–H and O–H groups in total. The van der Waals surface area contributed by atoms with Gasteiger partial charge in [-0.1, -0.05) is 25.6 Å². The molecular weight excluding hydrogens is 264 g/mol. The van der Waals surface area contributed by atoms with Crippen molar-refractivity contribution in [3.8, 4) is 0 Å². The maximum Gasteiger partial charge on any atom is 0.243 e. The molecule has 5 nitrogen and oxygen atoms in total. The van der Waals surface area contributed by atoms with Crippen molar-refractivity contribution in [2.24, 2.45) is 0 Å². The molecule has 1 aromatic carbocycles. The van der Waals surface area contributed by atoms with Crippen LogP contribution in [0.2, 0.25) is 0 Å². The first-order chi connectivity index (χ1) is 8.99. The first kappa shape index (κ1) is 15.4. The molecule has 0 spiro atoms. The molecule has 0 radical (unpaired) electrons. The molecule has 19 heavy (non-hydrogen) atoms. The van der Waals surface area contributed by atoms with Crippen LogP contribution in [0.25, 0.3) is 0 Å². The molecule has 0 aromatic heterocycles. The minimum Gasteiger partial charge on any atom is -0.348 e. The van der Waals surface area contributed by atoms with Crippen LogP contribution in [0.5, 0.6) is 0 Å². The number of amides is 1. The number of rotatable bonds is 7. The Morgan fingerprint density at radius 1 is 1.42 bits per heavy atom. The van der Waals surface area contributed by atoms with Gasteiger partial charge in [-0.3, -0.25) is 4.79 Å². The Hall–Kier alpha value is -1.66. The summed E-state index contributed by atoms with van der Waals surface area (Å²) >= 11 is 0. The maximum absolute atomic E-state index is 11.9. The fraction of sp³-hybridized carbons (Fsp3) is 0.308. The molecule has 0 bridgehead atoms. The third-order valence-electron chi connectivity index (χ3n) is 2.40. The zero-order valence-corrected chi connectivity index (χ0v) is 11.7. The summed E-state index contributed by atoms with van der Waals surface area (Å²) in [6.07, 6.45) is 1.90. The fourth-order valence-corrected chi connectivity index (χ4v) is 2.61. The first-order valence-corrected chi connectivity index (χ1v) is 7.46. The van der Waals surface area contributed by atoms with Gasteiger partial charge in [-0.25, -0.2) is 13.1 Å². The van der Waals surface area contributed by atoms with E-state index in [1.165, 1.54) is 12.1 Å². The topological polar surface area (TPSA) is 75.3 Å². The van der Waals surface area contributed by atoms with Crippen LogP contribution in [0.3, 0.4) is 0 Å². The Kier molecular flexibility index (Phi) is 5.72. The zero-order valence-electron chi connectivity index (χ0n) is 10.8. The van der Waals surface area contributed by atoms with Gasteiger partial charge in [0.2, 0.25) is 15.9 Å². The lowest BCUT2D eigenvalue weighted by Crippen LogP contribution is -2.25. The largest absolute Gasteiger partial charge is 0.348 e. The molecule has 0 heterocycles. The van der Waals surface area contributed by atoms with Crippen molar-refractivity contribution >= 4 is 15.9 Å². The van der Waals surface area contributed by atoms with Gasteiger partial charge in [0.25, 0.3) is 0 Å². The van der Waals surface area contributed by atoms with E-state index in [2.05, 4.69) is 16.6 Å². The SMILES string of the molecule is C=CC(=O)NCc1cccc(S(=O)(=O)NCCC)c1. The average molecular weight is 282 g/mol. The summed E-state index contributed by atoms with van der Waals surface area (Å²) in [4.78, 5) is 11.2. The van der Waals surface area contributed by atoms with E-state index in [1.807, 2.05) is 6.92 Å². The van der Waals surface area contributed by atoms with Crippen LogP contribution in [-0.4, -0.2) is 20.9 Å². The lowest BCUT2D eigenvalue weighted by Gasteiger charge is -2.08. The summed E-state index contributed by atoms with van der Waals surface area (Å²) in [6, 6.07) is 6.47. The molecule has 0 atom stereocenters. The van der Waals surface area contributed by atoms with Crippen molar-refractivity contribution in [3.63, 3.8) is 0 Å². The molecule has 0 aliphatic rings. The lowest BCUT2D eigenvalue weighted by atomic mass is 10.2. The molecule has 104 valence electrons. The van der Waals surface area contributed by atoms with Crippen LogP contribution in [0, 0.1) is 0 Å². The molecule has 0 fully saturated rings. The van der Waals surface area contributed by atoms with Crippen molar-refractivity contribution in [1.82, 2.24) is 10.0 Å². The molecule has 0 saturated carbocycles. The van der Waals surface area contributed by atoms with Gasteiger partial charge in [-0.15, -0.1) is 0 Å². The van der Waals surface area contributed by atoms with E-state index in [0.717, 1.165) is 12.0 Å². The van der Waals surface area contributed by atoms with Crippen LogP contribution >= 0.6 is 0 Å². The van der Waals surface area contributed by atoms with Gasteiger partial charge in [-0.2, -0.15) is 0 Å². The Balaban J connectivity index is 2.82. The smallest absolute Gasteiger partial charge is 0.243 e. The van der Waals surface area contributed by atoms with Gasteiger partial charge in [0, 0.05) is 13.1 Å². The highest BCUT2D eigenvalue weighted by Gasteiger charge is 2.13. The van der Waals surface area contributed by atoms with Gasteiger partial charge >= 0.3 is 0 Å². The van der Waals surface area contributed by atoms with Gasteiger partial charge in [0.05, 0.1) is 4.90 Å². The standard InChI is InChI=1S/C13H18N2O3S/c1-3-8-15-19(17,18)12-7-5-6-11(9-12)10-14-13(16)4-2/h4-7,9,15H,2-3,8,10H2,1H3,(H,14,16). The Morgan fingerprint density at radius 3 is 2.79 bits per heavy atom. The molecular formula is C13H18N2O3S. The molecule has 1 aromatic rings. The highest BCUT2D eigenvalue weighted by Crippen LogP contribution is 2.11. The predicted molar refractivity (Wildman–Crippen MR) is 74.0 cm³/mol. The van der Waals surface area contributed by atoms with E-state index in [-0.39, 0.29) is 17.3 Å². The number of sulfonamides is 1. The second-order valence-corrected chi connectivity index (χ2v) is 5.73. The van der Waals surface area contributed by atoms with Gasteiger partial charge < -0.3 is 5.32 Å². The quantitative estimate of drug-likeness (QED) is 0.737. The Bertz CT molecular complexity index is 553. The third-order valence-corrected chi connectivity index (χ3v) is 3.86. The average Bonchev–Trinajstić information content (AvgIpc) is 2.43. The summed E-state index contributed by atoms with van der Waals surface area (Å²) in [5.41, 5.74) is 0.717. The molecule has 0 saturated heterocycles. The first-order valence-electron chi connectivity index (χ1n) is 5.98. The fourth-order valence-electron chi connectivity index (χ4n) is 1.40. The summed E-state index contributed by atoms with van der Waals surface area (Å²) < 4.78 is 26.3. The zero-order chi connectivity index (χ0) is 14.3. The van der Waals surface area contributed by atoms with Crippen molar-refractivity contribution in [2.45, 2.75) is 24.8 Å². The highest BCUT2D eigenvalue weighted by atomic mass is 32.2. The normalized spacial score (nSPS) is 11.0. The summed E-state index contributed by atoms with van der Waals surface area (Å²) in [5, 5.41) is 2.60. The van der Waals surface area contributed by atoms with Crippen molar-refractivity contribution in [2.75, 3.05) is 6.54 Å². The van der Waals surface area contributed by atoms with Crippen molar-refractivity contribution in [3.05, 3.63) is 42.5 Å². The van der Waals surface area contributed by atoms with Crippen LogP contribution in [0.15, 0.2) is 41.8 Å². The molecule has 0 aliphatic heterocycles. The van der Waals surface area contributed by atoms with E-state index in [9.17, 15) is 13.2 Å². The van der Waals surface area contributed by atoms with E-state index in [1.54, 1.807) is 18.2 Å². The van der Waals surface area contributed by atoms with E-state index < -0.39 is 10.0 Å². The summed E-state index contributed by atoms with van der Waals surface area (Å²) in [6.45, 7) is 5.91. The Labute approximate surface area is 113 Å². The molecule has 6 heteroatoms. The predicted octanol–water partition coefficient (Wildman–Crippen LogP) is 1.18. The van der Waals surface area contributed by atoms with Crippen LogP contribution in [-0.2, 0) is 21.4 Å². The van der Waals surface area contributed by atoms with Gasteiger partial charge in [-0.05, 0) is 30.2 Å². The lowest BCUT2D eigenvalue weighted by molar-refractivity contribution is -0.116. The van der Waals surface area contributed by atoms with Crippen molar-refractivity contribution < 1.29 is 13.2 Å². The number of benzene rings is 1. The number of hydrogen-bond acceptors (Lipinski definition) is 3. The van der Waals surface area contributed by atoms with Crippen molar-refractivity contribution in [1.29, 1.82) is 0 Å².